The van der Waals surface area contributed by atoms with Crippen molar-refractivity contribution in [3.8, 4) is 0 Å². The minimum Gasteiger partial charge on any atom is -0.359 e. The molecule has 0 aliphatic carbocycles. The van der Waals surface area contributed by atoms with Gasteiger partial charge in [0.25, 0.3) is 5.91 Å². The first kappa shape index (κ1) is 22.2. The molecular formula is C26H37N3O. The van der Waals surface area contributed by atoms with Crippen LogP contribution >= 0.6 is 0 Å². The maximum absolute atomic E-state index is 12.8. The fourth-order valence-corrected chi connectivity index (χ4v) is 4.25. The van der Waals surface area contributed by atoms with Crippen LogP contribution in [0.4, 0.5) is 11.4 Å². The molecule has 0 radical (unpaired) electrons. The highest BCUT2D eigenvalue weighted by atomic mass is 16.1. The standard InChI is InChI=1S/C26H37N3O/c1-3-4-5-6-7-8-9-10-11-12-18-28-26(30)23-17-19-27-24-22(23)16-15-21-14-13-20-29(2)25(21)24/h13-17,19-20,27H,3-12,18H2,1-2H3,(H,28,30). The monoisotopic (exact) mass is 407 g/mol. The van der Waals surface area contributed by atoms with E-state index in [-0.39, 0.29) is 5.91 Å². The molecule has 0 spiro atoms. The summed E-state index contributed by atoms with van der Waals surface area (Å²) in [4.78, 5) is 14.9. The third kappa shape index (κ3) is 5.78. The highest BCUT2D eigenvalue weighted by Crippen LogP contribution is 2.22. The Balaban J connectivity index is 1.46. The number of carbonyl (C=O) groups is 1. The fourth-order valence-electron chi connectivity index (χ4n) is 4.25. The molecule has 1 amide bonds. The highest BCUT2D eigenvalue weighted by Gasteiger charge is 2.17. The number of benzene rings is 1. The van der Waals surface area contributed by atoms with Crippen LogP contribution in [0.3, 0.4) is 0 Å². The zero-order chi connectivity index (χ0) is 21.2. The van der Waals surface area contributed by atoms with Crippen molar-refractivity contribution in [2.75, 3.05) is 23.8 Å². The summed E-state index contributed by atoms with van der Waals surface area (Å²) in [6, 6.07) is 4.13. The Kier molecular flexibility index (Phi) is 8.61. The molecule has 162 valence electrons. The van der Waals surface area contributed by atoms with Crippen molar-refractivity contribution in [1.29, 1.82) is 0 Å². The summed E-state index contributed by atoms with van der Waals surface area (Å²) in [5.41, 5.74) is 2.85. The minimum absolute atomic E-state index is 0.0165. The van der Waals surface area contributed by atoms with Crippen LogP contribution in [0.1, 0.15) is 71.1 Å². The van der Waals surface area contributed by atoms with Crippen molar-refractivity contribution < 1.29 is 4.79 Å². The van der Waals surface area contributed by atoms with Crippen molar-refractivity contribution in [3.05, 3.63) is 47.1 Å². The van der Waals surface area contributed by atoms with Crippen molar-refractivity contribution in [2.24, 2.45) is 0 Å². The molecule has 0 fully saturated rings. The number of unbranched alkanes of at least 4 members (excludes halogenated alkanes) is 9. The van der Waals surface area contributed by atoms with Gasteiger partial charge in [0, 0.05) is 36.4 Å². The van der Waals surface area contributed by atoms with Gasteiger partial charge in [-0.1, -0.05) is 82.9 Å². The summed E-state index contributed by atoms with van der Waals surface area (Å²) < 4.78 is 0. The van der Waals surface area contributed by atoms with Gasteiger partial charge < -0.3 is 15.5 Å². The fraction of sp³-hybridized carbons (Fsp3) is 0.500. The van der Waals surface area contributed by atoms with Crippen molar-refractivity contribution in [2.45, 2.75) is 71.1 Å². The van der Waals surface area contributed by atoms with E-state index in [9.17, 15) is 4.79 Å². The Morgan fingerprint density at radius 2 is 1.70 bits per heavy atom. The number of hydrogen-bond acceptors (Lipinski definition) is 3. The Bertz CT molecular complexity index is 898. The Hall–Kier alpha value is -2.49. The molecule has 0 unspecified atom stereocenters. The maximum Gasteiger partial charge on any atom is 0.252 e. The average Bonchev–Trinajstić information content (AvgIpc) is 2.76. The van der Waals surface area contributed by atoms with Gasteiger partial charge in [-0.15, -0.1) is 0 Å². The lowest BCUT2D eigenvalue weighted by Gasteiger charge is -2.24. The van der Waals surface area contributed by atoms with Gasteiger partial charge in [0.05, 0.1) is 16.9 Å². The quantitative estimate of drug-likeness (QED) is 0.499. The predicted octanol–water partition coefficient (Wildman–Crippen LogP) is 4.56. The van der Waals surface area contributed by atoms with Crippen LogP contribution in [0.2, 0.25) is 0 Å². The van der Waals surface area contributed by atoms with Crippen molar-refractivity contribution >= 4 is 28.9 Å². The molecule has 0 bridgehead atoms. The molecule has 4 heteroatoms. The van der Waals surface area contributed by atoms with E-state index in [1.165, 1.54) is 57.8 Å². The number of anilines is 2. The van der Waals surface area contributed by atoms with E-state index in [0.29, 0.717) is 0 Å². The van der Waals surface area contributed by atoms with E-state index >= 15 is 0 Å². The summed E-state index contributed by atoms with van der Waals surface area (Å²) in [5.74, 6) is 0.0165. The van der Waals surface area contributed by atoms with Crippen LogP contribution in [0.15, 0.2) is 36.7 Å². The lowest BCUT2D eigenvalue weighted by Crippen LogP contribution is -2.33. The van der Waals surface area contributed by atoms with E-state index in [1.807, 2.05) is 37.7 Å². The third-order valence-corrected chi connectivity index (χ3v) is 5.98. The average molecular weight is 408 g/mol. The van der Waals surface area contributed by atoms with Gasteiger partial charge in [-0.3, -0.25) is 4.79 Å². The number of rotatable bonds is 12. The lowest BCUT2D eigenvalue weighted by molar-refractivity contribution is -0.115. The summed E-state index contributed by atoms with van der Waals surface area (Å²) in [6.07, 6.45) is 23.0. The number of amides is 1. The second-order valence-corrected chi connectivity index (χ2v) is 8.37. The van der Waals surface area contributed by atoms with E-state index in [0.717, 1.165) is 40.4 Å². The number of nitrogens with one attached hydrogen (secondary N) is 2. The molecule has 3 rings (SSSR count). The maximum atomic E-state index is 12.8. The van der Waals surface area contributed by atoms with E-state index in [2.05, 4.69) is 34.6 Å². The molecule has 2 heterocycles. The normalized spacial score (nSPS) is 14.1. The molecular weight excluding hydrogens is 370 g/mol. The largest absolute Gasteiger partial charge is 0.359 e. The van der Waals surface area contributed by atoms with Gasteiger partial charge >= 0.3 is 0 Å². The molecule has 0 atom stereocenters. The second kappa shape index (κ2) is 11.6. The zero-order valence-corrected chi connectivity index (χ0v) is 18.7. The van der Waals surface area contributed by atoms with Crippen LogP contribution in [-0.4, -0.2) is 19.5 Å². The molecule has 0 saturated carbocycles. The Morgan fingerprint density at radius 1 is 1.00 bits per heavy atom. The van der Waals surface area contributed by atoms with Crippen molar-refractivity contribution in [1.82, 2.24) is 5.32 Å². The van der Waals surface area contributed by atoms with Gasteiger partial charge in [0.2, 0.25) is 0 Å². The molecule has 0 saturated heterocycles. The van der Waals surface area contributed by atoms with Crippen LogP contribution < -0.4 is 26.0 Å². The molecule has 30 heavy (non-hydrogen) atoms. The SMILES string of the molecule is CCCCCCCCCCCCNC(=O)C1=c2ccc3c(c2NC=C1)N(C)C=CC=3. The number of nitrogens with zero attached hydrogens (tertiary/aromatic N) is 1. The smallest absolute Gasteiger partial charge is 0.252 e. The van der Waals surface area contributed by atoms with Crippen LogP contribution in [-0.2, 0) is 4.79 Å². The van der Waals surface area contributed by atoms with Gasteiger partial charge in [-0.2, -0.15) is 0 Å². The van der Waals surface area contributed by atoms with Gasteiger partial charge in [0.15, 0.2) is 0 Å². The van der Waals surface area contributed by atoms with Crippen molar-refractivity contribution in [3.63, 3.8) is 0 Å². The van der Waals surface area contributed by atoms with Gasteiger partial charge in [-0.25, -0.2) is 0 Å². The summed E-state index contributed by atoms with van der Waals surface area (Å²) in [5, 5.41) is 8.58. The first-order chi connectivity index (χ1) is 14.7. The first-order valence-electron chi connectivity index (χ1n) is 11.7. The molecule has 2 aliphatic heterocycles. The summed E-state index contributed by atoms with van der Waals surface area (Å²) in [7, 11) is 2.04. The van der Waals surface area contributed by atoms with Gasteiger partial charge in [-0.05, 0) is 18.6 Å². The number of hydrogen-bond donors (Lipinski definition) is 2. The Morgan fingerprint density at radius 3 is 2.43 bits per heavy atom. The number of allylic oxidation sites excluding steroid dienone is 1. The van der Waals surface area contributed by atoms with Crippen LogP contribution in [0, 0.1) is 0 Å². The molecule has 0 aromatic heterocycles. The summed E-state index contributed by atoms with van der Waals surface area (Å²) >= 11 is 0. The predicted molar refractivity (Wildman–Crippen MR) is 129 cm³/mol. The topological polar surface area (TPSA) is 44.4 Å². The van der Waals surface area contributed by atoms with E-state index in [4.69, 9.17) is 0 Å². The molecule has 1 aromatic rings. The highest BCUT2D eigenvalue weighted by molar-refractivity contribution is 6.18. The summed E-state index contributed by atoms with van der Waals surface area (Å²) in [6.45, 7) is 3.01. The van der Waals surface area contributed by atoms with Crippen LogP contribution in [0.25, 0.3) is 11.6 Å². The molecule has 1 aromatic carbocycles. The van der Waals surface area contributed by atoms with Gasteiger partial charge in [0.1, 0.15) is 0 Å². The molecule has 2 aliphatic rings. The van der Waals surface area contributed by atoms with E-state index in [1.54, 1.807) is 0 Å². The third-order valence-electron chi connectivity index (χ3n) is 5.98. The van der Waals surface area contributed by atoms with Crippen LogP contribution in [0.5, 0.6) is 0 Å². The second-order valence-electron chi connectivity index (χ2n) is 8.37. The minimum atomic E-state index is 0.0165. The number of fused-ring (bicyclic) bond motifs is 3. The zero-order valence-electron chi connectivity index (χ0n) is 18.7. The number of carbonyl (C=O) groups excluding carboxylic acids is 1. The first-order valence-corrected chi connectivity index (χ1v) is 11.7. The molecule has 2 N–H and O–H groups in total. The lowest BCUT2D eigenvalue weighted by atomic mass is 10.0. The van der Waals surface area contributed by atoms with E-state index < -0.39 is 0 Å². The Labute approximate surface area is 181 Å². The molecule has 4 nitrogen and oxygen atoms in total.